The van der Waals surface area contributed by atoms with Crippen LogP contribution in [0.25, 0.3) is 33.9 Å². The van der Waals surface area contributed by atoms with Crippen LogP contribution in [0.2, 0.25) is 0 Å². The van der Waals surface area contributed by atoms with Crippen molar-refractivity contribution in [3.05, 3.63) is 90.8 Å². The van der Waals surface area contributed by atoms with Crippen LogP contribution in [0.1, 0.15) is 11.1 Å². The molecule has 0 aliphatic rings. The molecule has 5 nitrogen and oxygen atoms in total. The van der Waals surface area contributed by atoms with Gasteiger partial charge in [0.2, 0.25) is 0 Å². The average molecular weight is 391 g/mol. The number of hydrogen-bond donors (Lipinski definition) is 0. The molecule has 5 aromatic rings. The van der Waals surface area contributed by atoms with Crippen molar-refractivity contribution >= 4 is 34.3 Å². The van der Waals surface area contributed by atoms with Gasteiger partial charge in [-0.25, -0.2) is 0 Å². The maximum absolute atomic E-state index is 4.80. The fourth-order valence-corrected chi connectivity index (χ4v) is 3.71. The van der Waals surface area contributed by atoms with Gasteiger partial charge in [0.15, 0.2) is 0 Å². The number of aryl methyl sites for hydroxylation is 1. The molecule has 0 aliphatic carbocycles. The first-order valence-corrected chi connectivity index (χ1v) is 9.81. The third-order valence-corrected chi connectivity index (χ3v) is 5.43. The molecule has 0 spiro atoms. The third-order valence-electron chi connectivity index (χ3n) is 5.43. The zero-order valence-electron chi connectivity index (χ0n) is 16.9. The van der Waals surface area contributed by atoms with E-state index in [0.29, 0.717) is 5.78 Å². The van der Waals surface area contributed by atoms with E-state index in [-0.39, 0.29) is 0 Å². The van der Waals surface area contributed by atoms with Gasteiger partial charge >= 0.3 is 0 Å². The monoisotopic (exact) mass is 391 g/mol. The third kappa shape index (κ3) is 3.01. The summed E-state index contributed by atoms with van der Waals surface area (Å²) in [5.74, 6) is 1.41. The molecular weight excluding hydrogens is 370 g/mol. The molecular formula is C25H21N5. The lowest BCUT2D eigenvalue weighted by atomic mass is 10.0. The highest BCUT2D eigenvalue weighted by Gasteiger charge is 2.15. The van der Waals surface area contributed by atoms with Crippen LogP contribution >= 0.6 is 0 Å². The summed E-state index contributed by atoms with van der Waals surface area (Å²) in [5.41, 5.74) is 6.71. The van der Waals surface area contributed by atoms with Gasteiger partial charge in [-0.15, -0.1) is 10.2 Å². The molecule has 0 bridgehead atoms. The van der Waals surface area contributed by atoms with Crippen molar-refractivity contribution in [3.8, 4) is 11.1 Å². The number of benzene rings is 3. The molecule has 0 amide bonds. The van der Waals surface area contributed by atoms with Crippen molar-refractivity contribution in [1.29, 1.82) is 0 Å². The molecule has 5 heteroatoms. The highest BCUT2D eigenvalue weighted by Crippen LogP contribution is 2.32. The van der Waals surface area contributed by atoms with Gasteiger partial charge < -0.3 is 4.90 Å². The van der Waals surface area contributed by atoms with E-state index in [2.05, 4.69) is 89.3 Å². The Kier molecular flexibility index (Phi) is 4.29. The molecule has 2 aromatic heterocycles. The van der Waals surface area contributed by atoms with Crippen molar-refractivity contribution in [1.82, 2.24) is 19.6 Å². The summed E-state index contributed by atoms with van der Waals surface area (Å²) in [4.78, 5) is 6.90. The van der Waals surface area contributed by atoms with E-state index in [1.165, 1.54) is 16.7 Å². The average Bonchev–Trinajstić information content (AvgIpc) is 3.27. The molecule has 0 N–H and O–H groups in total. The van der Waals surface area contributed by atoms with E-state index in [0.717, 1.165) is 28.0 Å². The predicted molar refractivity (Wildman–Crippen MR) is 123 cm³/mol. The minimum absolute atomic E-state index is 0.570. The maximum atomic E-state index is 4.80. The molecule has 0 aliphatic heterocycles. The van der Waals surface area contributed by atoms with E-state index in [1.807, 2.05) is 23.6 Å². The largest absolute Gasteiger partial charge is 0.329 e. The van der Waals surface area contributed by atoms with Crippen LogP contribution in [-0.2, 0) is 0 Å². The summed E-state index contributed by atoms with van der Waals surface area (Å²) in [7, 11) is 2.03. The standard InChI is InChI=1S/C25H21N5/c1-4-18-10-13-22-23(14-18)30-16-26-28-25(30)27-24(22)29(3)21-7-5-6-20(15-21)19-11-8-17(2)9-12-19/h4-16H,1H2,2-3H3. The Hall–Kier alpha value is -3.99. The van der Waals surface area contributed by atoms with Crippen LogP contribution in [0.5, 0.6) is 0 Å². The van der Waals surface area contributed by atoms with Crippen LogP contribution in [0.15, 0.2) is 79.6 Å². The van der Waals surface area contributed by atoms with Crippen molar-refractivity contribution in [2.75, 3.05) is 11.9 Å². The first kappa shape index (κ1) is 18.1. The predicted octanol–water partition coefficient (Wildman–Crippen LogP) is 5.66. The highest BCUT2D eigenvalue weighted by atomic mass is 15.3. The minimum Gasteiger partial charge on any atom is -0.329 e. The molecule has 0 saturated heterocycles. The van der Waals surface area contributed by atoms with E-state index in [9.17, 15) is 0 Å². The number of rotatable bonds is 4. The first-order valence-electron chi connectivity index (χ1n) is 9.81. The Labute approximate surface area is 175 Å². The van der Waals surface area contributed by atoms with Crippen LogP contribution in [0.3, 0.4) is 0 Å². The van der Waals surface area contributed by atoms with Crippen molar-refractivity contribution in [2.45, 2.75) is 6.92 Å². The van der Waals surface area contributed by atoms with Gasteiger partial charge in [0.1, 0.15) is 12.1 Å². The van der Waals surface area contributed by atoms with E-state index in [1.54, 1.807) is 6.33 Å². The Morgan fingerprint density at radius 3 is 2.60 bits per heavy atom. The zero-order chi connectivity index (χ0) is 20.7. The lowest BCUT2D eigenvalue weighted by Gasteiger charge is -2.21. The number of aromatic nitrogens is 4. The number of nitrogens with zero attached hydrogens (tertiary/aromatic N) is 5. The summed E-state index contributed by atoms with van der Waals surface area (Å²) in [5, 5.41) is 9.26. The van der Waals surface area contributed by atoms with Gasteiger partial charge in [0.25, 0.3) is 5.78 Å². The van der Waals surface area contributed by atoms with Crippen LogP contribution in [0, 0.1) is 6.92 Å². The number of fused-ring (bicyclic) bond motifs is 3. The molecule has 146 valence electrons. The molecule has 0 saturated carbocycles. The normalized spacial score (nSPS) is 11.1. The first-order chi connectivity index (χ1) is 14.6. The molecule has 0 unspecified atom stereocenters. The molecule has 30 heavy (non-hydrogen) atoms. The Morgan fingerprint density at radius 1 is 0.967 bits per heavy atom. The van der Waals surface area contributed by atoms with Gasteiger partial charge in [-0.1, -0.05) is 60.7 Å². The summed E-state index contributed by atoms with van der Waals surface area (Å²) in [6.07, 6.45) is 3.53. The van der Waals surface area contributed by atoms with Gasteiger partial charge in [-0.3, -0.25) is 4.40 Å². The second-order valence-electron chi connectivity index (χ2n) is 7.39. The lowest BCUT2D eigenvalue weighted by molar-refractivity contribution is 1.08. The van der Waals surface area contributed by atoms with Gasteiger partial charge in [0, 0.05) is 18.1 Å². The summed E-state index contributed by atoms with van der Waals surface area (Å²) >= 11 is 0. The van der Waals surface area contributed by atoms with Crippen LogP contribution in [-0.4, -0.2) is 26.6 Å². The van der Waals surface area contributed by atoms with Gasteiger partial charge in [0.05, 0.1) is 5.52 Å². The fraction of sp³-hybridized carbons (Fsp3) is 0.0800. The Morgan fingerprint density at radius 2 is 1.80 bits per heavy atom. The summed E-state index contributed by atoms with van der Waals surface area (Å²) < 4.78 is 1.91. The van der Waals surface area contributed by atoms with Crippen LogP contribution in [0.4, 0.5) is 11.5 Å². The Bertz CT molecular complexity index is 1380. The second kappa shape index (κ2) is 7.12. The maximum Gasteiger partial charge on any atom is 0.257 e. The van der Waals surface area contributed by atoms with Gasteiger partial charge in [-0.05, 0) is 47.9 Å². The number of hydrogen-bond acceptors (Lipinski definition) is 4. The molecule has 0 atom stereocenters. The van der Waals surface area contributed by atoms with Gasteiger partial charge in [-0.2, -0.15) is 4.98 Å². The summed E-state index contributed by atoms with van der Waals surface area (Å²) in [6, 6.07) is 23.3. The van der Waals surface area contributed by atoms with Crippen LogP contribution < -0.4 is 4.90 Å². The van der Waals surface area contributed by atoms with E-state index < -0.39 is 0 Å². The molecule has 0 radical (unpaired) electrons. The lowest BCUT2D eigenvalue weighted by Crippen LogP contribution is -2.13. The number of anilines is 2. The van der Waals surface area contributed by atoms with E-state index in [4.69, 9.17) is 4.98 Å². The van der Waals surface area contributed by atoms with Crippen molar-refractivity contribution in [3.63, 3.8) is 0 Å². The minimum atomic E-state index is 0.570. The Balaban J connectivity index is 1.65. The second-order valence-corrected chi connectivity index (χ2v) is 7.39. The molecule has 5 rings (SSSR count). The fourth-order valence-electron chi connectivity index (χ4n) is 3.71. The molecule has 3 aromatic carbocycles. The molecule has 0 fully saturated rings. The highest BCUT2D eigenvalue weighted by molar-refractivity contribution is 5.94. The summed E-state index contributed by atoms with van der Waals surface area (Å²) in [6.45, 7) is 5.99. The van der Waals surface area contributed by atoms with Crippen molar-refractivity contribution in [2.24, 2.45) is 0 Å². The molecule has 2 heterocycles. The zero-order valence-corrected chi connectivity index (χ0v) is 16.9. The smallest absolute Gasteiger partial charge is 0.257 e. The van der Waals surface area contributed by atoms with E-state index >= 15 is 0 Å². The SMILES string of the molecule is C=Cc1ccc2c(N(C)c3cccc(-c4ccc(C)cc4)c3)nc3nncn3c2c1. The van der Waals surface area contributed by atoms with Crippen molar-refractivity contribution < 1.29 is 0 Å². The quantitative estimate of drug-likeness (QED) is 0.396. The topological polar surface area (TPSA) is 46.3 Å².